The molecule has 0 aliphatic heterocycles. The van der Waals surface area contributed by atoms with Gasteiger partial charge in [0.05, 0.1) is 11.9 Å². The molecule has 0 spiro atoms. The second-order valence-corrected chi connectivity index (χ2v) is 12.8. The highest BCUT2D eigenvalue weighted by molar-refractivity contribution is 7.92. The Morgan fingerprint density at radius 1 is 0.925 bits per heavy atom. The van der Waals surface area contributed by atoms with Crippen LogP contribution in [0, 0.1) is 6.92 Å². The van der Waals surface area contributed by atoms with E-state index in [1.807, 2.05) is 82.3 Å². The summed E-state index contributed by atoms with van der Waals surface area (Å²) in [6.07, 6.45) is 1.06. The molecule has 0 unspecified atom stereocenters. The van der Waals surface area contributed by atoms with E-state index in [0.717, 1.165) is 27.3 Å². The van der Waals surface area contributed by atoms with Crippen LogP contribution in [-0.2, 0) is 32.8 Å². The zero-order valence-electron chi connectivity index (χ0n) is 24.0. The first-order valence-electron chi connectivity index (χ1n) is 13.1. The molecular weight excluding hydrogens is 526 g/mol. The van der Waals surface area contributed by atoms with Gasteiger partial charge in [0.1, 0.15) is 24.9 Å². The molecule has 3 rings (SSSR count). The van der Waals surface area contributed by atoms with Crippen molar-refractivity contribution in [3.63, 3.8) is 0 Å². The first-order valence-corrected chi connectivity index (χ1v) is 15.0. The van der Waals surface area contributed by atoms with Crippen LogP contribution in [-0.4, -0.2) is 49.5 Å². The van der Waals surface area contributed by atoms with Crippen molar-refractivity contribution in [2.45, 2.75) is 59.4 Å². The van der Waals surface area contributed by atoms with Crippen molar-refractivity contribution in [1.29, 1.82) is 0 Å². The van der Waals surface area contributed by atoms with E-state index in [2.05, 4.69) is 5.32 Å². The molecule has 0 aliphatic rings. The van der Waals surface area contributed by atoms with Crippen LogP contribution in [0.15, 0.2) is 78.9 Å². The number of carbonyl (C=O) groups excluding carboxylic acids is 2. The molecule has 0 heterocycles. The van der Waals surface area contributed by atoms with Gasteiger partial charge < -0.3 is 15.0 Å². The fraction of sp³-hybridized carbons (Fsp3) is 0.355. The van der Waals surface area contributed by atoms with Gasteiger partial charge in [-0.1, -0.05) is 54.6 Å². The minimum Gasteiger partial charge on any atom is -0.489 e. The Labute approximate surface area is 238 Å². The van der Waals surface area contributed by atoms with Gasteiger partial charge in [-0.05, 0) is 75.6 Å². The third-order valence-corrected chi connectivity index (χ3v) is 7.46. The standard InChI is InChI=1S/C31H39N3O5S/c1-23-12-10-11-15-26(23)20-33(24(2)30(36)32-31(3,4)5)29(35)21-34(40(6,37)38)27-16-18-28(19-17-27)39-22-25-13-8-7-9-14-25/h7-19,24H,20-22H2,1-6H3,(H,32,36)/t24-/m1/s1. The zero-order valence-corrected chi connectivity index (χ0v) is 24.9. The number of aryl methyl sites for hydroxylation is 1. The normalized spacial score (nSPS) is 12.3. The number of sulfonamides is 1. The second kappa shape index (κ2) is 13.0. The van der Waals surface area contributed by atoms with Gasteiger partial charge in [-0.3, -0.25) is 13.9 Å². The maximum absolute atomic E-state index is 13.7. The molecule has 9 heteroatoms. The van der Waals surface area contributed by atoms with Crippen LogP contribution in [0.5, 0.6) is 5.75 Å². The van der Waals surface area contributed by atoms with E-state index in [9.17, 15) is 18.0 Å². The van der Waals surface area contributed by atoms with E-state index in [-0.39, 0.29) is 12.5 Å². The summed E-state index contributed by atoms with van der Waals surface area (Å²) in [7, 11) is -3.83. The van der Waals surface area contributed by atoms with Crippen LogP contribution in [0.4, 0.5) is 5.69 Å². The summed E-state index contributed by atoms with van der Waals surface area (Å²) in [5.41, 5.74) is 2.68. The van der Waals surface area contributed by atoms with E-state index < -0.39 is 34.1 Å². The molecular formula is C31H39N3O5S. The minimum atomic E-state index is -3.83. The second-order valence-electron chi connectivity index (χ2n) is 10.9. The van der Waals surface area contributed by atoms with Gasteiger partial charge in [0, 0.05) is 12.1 Å². The molecule has 0 fully saturated rings. The van der Waals surface area contributed by atoms with Crippen LogP contribution in [0.1, 0.15) is 44.4 Å². The summed E-state index contributed by atoms with van der Waals surface area (Å²) in [5.74, 6) is -0.240. The Bertz CT molecular complexity index is 1400. The molecule has 40 heavy (non-hydrogen) atoms. The molecule has 0 aromatic heterocycles. The average Bonchev–Trinajstić information content (AvgIpc) is 2.89. The summed E-state index contributed by atoms with van der Waals surface area (Å²) in [6.45, 7) is 9.26. The SMILES string of the molecule is Cc1ccccc1CN(C(=O)CN(c1ccc(OCc2ccccc2)cc1)S(C)(=O)=O)[C@H](C)C(=O)NC(C)(C)C. The molecule has 1 atom stereocenters. The van der Waals surface area contributed by atoms with Crippen molar-refractivity contribution in [1.82, 2.24) is 10.2 Å². The zero-order chi connectivity index (χ0) is 29.5. The molecule has 2 amide bonds. The van der Waals surface area contributed by atoms with Crippen LogP contribution < -0.4 is 14.4 Å². The Morgan fingerprint density at radius 3 is 2.10 bits per heavy atom. The number of hydrogen-bond donors (Lipinski definition) is 1. The van der Waals surface area contributed by atoms with Crippen molar-refractivity contribution < 1.29 is 22.7 Å². The van der Waals surface area contributed by atoms with E-state index in [0.29, 0.717) is 18.0 Å². The molecule has 3 aromatic rings. The van der Waals surface area contributed by atoms with E-state index in [1.54, 1.807) is 31.2 Å². The lowest BCUT2D eigenvalue weighted by Crippen LogP contribution is -2.54. The monoisotopic (exact) mass is 565 g/mol. The lowest BCUT2D eigenvalue weighted by Gasteiger charge is -2.33. The molecule has 214 valence electrons. The molecule has 0 saturated heterocycles. The Kier molecular flexibility index (Phi) is 9.98. The predicted octanol–water partition coefficient (Wildman–Crippen LogP) is 4.67. The van der Waals surface area contributed by atoms with Crippen LogP contribution in [0.2, 0.25) is 0 Å². The van der Waals surface area contributed by atoms with Crippen molar-refractivity contribution >= 4 is 27.5 Å². The molecule has 0 bridgehead atoms. The summed E-state index contributed by atoms with van der Waals surface area (Å²) in [5, 5.41) is 2.92. The van der Waals surface area contributed by atoms with Crippen LogP contribution in [0.3, 0.4) is 0 Å². The fourth-order valence-corrected chi connectivity index (χ4v) is 4.94. The molecule has 3 aromatic carbocycles. The predicted molar refractivity (Wildman–Crippen MR) is 158 cm³/mol. The van der Waals surface area contributed by atoms with Crippen LogP contribution in [0.25, 0.3) is 0 Å². The topological polar surface area (TPSA) is 96.0 Å². The van der Waals surface area contributed by atoms with Gasteiger partial charge in [0.25, 0.3) is 0 Å². The Hall–Kier alpha value is -3.85. The number of amides is 2. The van der Waals surface area contributed by atoms with Crippen LogP contribution >= 0.6 is 0 Å². The lowest BCUT2D eigenvalue weighted by molar-refractivity contribution is -0.140. The molecule has 0 saturated carbocycles. The first kappa shape index (κ1) is 30.7. The maximum Gasteiger partial charge on any atom is 0.244 e. The number of ether oxygens (including phenoxy) is 1. The highest BCUT2D eigenvalue weighted by Gasteiger charge is 2.31. The minimum absolute atomic E-state index is 0.161. The average molecular weight is 566 g/mol. The van der Waals surface area contributed by atoms with Crippen molar-refractivity contribution in [3.8, 4) is 5.75 Å². The number of nitrogens with one attached hydrogen (secondary N) is 1. The fourth-order valence-electron chi connectivity index (χ4n) is 4.09. The van der Waals surface area contributed by atoms with E-state index in [4.69, 9.17) is 4.74 Å². The largest absolute Gasteiger partial charge is 0.489 e. The smallest absolute Gasteiger partial charge is 0.244 e. The lowest BCUT2D eigenvalue weighted by atomic mass is 10.1. The maximum atomic E-state index is 13.7. The van der Waals surface area contributed by atoms with Crippen molar-refractivity contribution in [2.75, 3.05) is 17.1 Å². The molecule has 0 radical (unpaired) electrons. The Balaban J connectivity index is 1.84. The molecule has 1 N–H and O–H groups in total. The van der Waals surface area contributed by atoms with Crippen molar-refractivity contribution in [3.05, 3.63) is 95.6 Å². The summed E-state index contributed by atoms with van der Waals surface area (Å²) in [4.78, 5) is 28.3. The number of rotatable bonds is 11. The molecule has 8 nitrogen and oxygen atoms in total. The number of nitrogens with zero attached hydrogens (tertiary/aromatic N) is 2. The van der Waals surface area contributed by atoms with Gasteiger partial charge in [-0.25, -0.2) is 8.42 Å². The third kappa shape index (κ3) is 8.84. The van der Waals surface area contributed by atoms with Gasteiger partial charge in [-0.2, -0.15) is 0 Å². The summed E-state index contributed by atoms with van der Waals surface area (Å²) in [6, 6.07) is 23.0. The summed E-state index contributed by atoms with van der Waals surface area (Å²) >= 11 is 0. The summed E-state index contributed by atoms with van der Waals surface area (Å²) < 4.78 is 32.5. The number of anilines is 1. The highest BCUT2D eigenvalue weighted by Crippen LogP contribution is 2.23. The number of benzene rings is 3. The Morgan fingerprint density at radius 2 is 1.52 bits per heavy atom. The molecule has 0 aliphatic carbocycles. The van der Waals surface area contributed by atoms with Crippen molar-refractivity contribution in [2.24, 2.45) is 0 Å². The quantitative estimate of drug-likeness (QED) is 0.365. The number of hydrogen-bond acceptors (Lipinski definition) is 5. The first-order chi connectivity index (χ1) is 18.7. The van der Waals surface area contributed by atoms with E-state index >= 15 is 0 Å². The van der Waals surface area contributed by atoms with Gasteiger partial charge in [0.2, 0.25) is 21.8 Å². The van der Waals surface area contributed by atoms with Gasteiger partial charge in [-0.15, -0.1) is 0 Å². The van der Waals surface area contributed by atoms with E-state index in [1.165, 1.54) is 4.90 Å². The number of carbonyl (C=O) groups is 2. The third-order valence-electron chi connectivity index (χ3n) is 6.32. The highest BCUT2D eigenvalue weighted by atomic mass is 32.2. The van der Waals surface area contributed by atoms with Gasteiger partial charge in [0.15, 0.2) is 0 Å². The van der Waals surface area contributed by atoms with Gasteiger partial charge >= 0.3 is 0 Å².